The normalized spacial score (nSPS) is 14.8. The molecule has 0 unspecified atom stereocenters. The van der Waals surface area contributed by atoms with E-state index in [0.29, 0.717) is 0 Å². The number of anilines is 3. The SMILES string of the molecule is CC1(C)c2ccccc2Oc2c1ccc1c2-c2ccc(N(c3ccc(/C=C/c4ccccc4)cc3)c3ccc4ccccc4c3)cc2C1(C)C. The fourth-order valence-corrected chi connectivity index (χ4v) is 8.10. The first-order chi connectivity index (χ1) is 24.3. The molecule has 1 heterocycles. The monoisotopic (exact) mass is 645 g/mol. The number of benzene rings is 7. The van der Waals surface area contributed by atoms with Crippen LogP contribution in [0.15, 0.2) is 152 Å². The van der Waals surface area contributed by atoms with E-state index < -0.39 is 0 Å². The number of ether oxygens (including phenoxy) is 1. The number of nitrogens with zero attached hydrogens (tertiary/aromatic N) is 1. The number of rotatable bonds is 5. The fraction of sp³-hybridized carbons (Fsp3) is 0.125. The van der Waals surface area contributed by atoms with Crippen LogP contribution in [0.25, 0.3) is 34.1 Å². The Hall–Kier alpha value is -5.86. The molecule has 0 aromatic heterocycles. The van der Waals surface area contributed by atoms with E-state index >= 15 is 0 Å². The highest BCUT2D eigenvalue weighted by atomic mass is 16.5. The van der Waals surface area contributed by atoms with Crippen molar-refractivity contribution in [2.45, 2.75) is 38.5 Å². The Morgan fingerprint density at radius 1 is 0.460 bits per heavy atom. The van der Waals surface area contributed by atoms with Crippen molar-refractivity contribution in [3.8, 4) is 22.6 Å². The van der Waals surface area contributed by atoms with Gasteiger partial charge in [0.15, 0.2) is 0 Å². The quantitative estimate of drug-likeness (QED) is 0.173. The third kappa shape index (κ3) is 4.78. The van der Waals surface area contributed by atoms with E-state index in [9.17, 15) is 0 Å². The molecule has 9 rings (SSSR count). The highest BCUT2D eigenvalue weighted by molar-refractivity contribution is 5.92. The summed E-state index contributed by atoms with van der Waals surface area (Å²) in [5, 5.41) is 2.45. The predicted octanol–water partition coefficient (Wildman–Crippen LogP) is 13.2. The van der Waals surface area contributed by atoms with Gasteiger partial charge in [-0.05, 0) is 81.1 Å². The van der Waals surface area contributed by atoms with Gasteiger partial charge >= 0.3 is 0 Å². The number of hydrogen-bond acceptors (Lipinski definition) is 2. The molecule has 0 bridgehead atoms. The summed E-state index contributed by atoms with van der Waals surface area (Å²) in [6, 6.07) is 54.8. The molecule has 0 spiro atoms. The summed E-state index contributed by atoms with van der Waals surface area (Å²) in [5.74, 6) is 1.95. The Morgan fingerprint density at radius 3 is 1.86 bits per heavy atom. The van der Waals surface area contributed by atoms with Crippen LogP contribution in [0, 0.1) is 0 Å². The average molecular weight is 646 g/mol. The molecule has 7 aromatic rings. The molecule has 0 radical (unpaired) electrons. The highest BCUT2D eigenvalue weighted by Crippen LogP contribution is 2.59. The summed E-state index contributed by atoms with van der Waals surface area (Å²) in [5.41, 5.74) is 12.9. The van der Waals surface area contributed by atoms with Crippen LogP contribution in [0.3, 0.4) is 0 Å². The zero-order valence-corrected chi connectivity index (χ0v) is 28.9. The Morgan fingerprint density at radius 2 is 1.06 bits per heavy atom. The van der Waals surface area contributed by atoms with Crippen LogP contribution in [0.4, 0.5) is 17.1 Å². The van der Waals surface area contributed by atoms with Crippen molar-refractivity contribution in [2.75, 3.05) is 4.90 Å². The van der Waals surface area contributed by atoms with Crippen LogP contribution in [0.1, 0.15) is 61.1 Å². The summed E-state index contributed by atoms with van der Waals surface area (Å²) < 4.78 is 6.81. The Labute approximate surface area is 294 Å². The lowest BCUT2D eigenvalue weighted by Crippen LogP contribution is -2.25. The molecule has 2 aliphatic rings. The number of para-hydroxylation sites is 1. The molecule has 7 aromatic carbocycles. The zero-order valence-electron chi connectivity index (χ0n) is 28.9. The van der Waals surface area contributed by atoms with Crippen molar-refractivity contribution in [1.29, 1.82) is 0 Å². The van der Waals surface area contributed by atoms with Gasteiger partial charge in [-0.25, -0.2) is 0 Å². The molecule has 0 saturated heterocycles. The van der Waals surface area contributed by atoms with Crippen molar-refractivity contribution in [3.63, 3.8) is 0 Å². The minimum absolute atomic E-state index is 0.165. The molecule has 1 aliphatic heterocycles. The summed E-state index contributed by atoms with van der Waals surface area (Å²) >= 11 is 0. The Kier molecular flexibility index (Phi) is 6.86. The van der Waals surface area contributed by atoms with Crippen molar-refractivity contribution >= 4 is 40.0 Å². The molecule has 0 N–H and O–H groups in total. The first-order valence-electron chi connectivity index (χ1n) is 17.5. The maximum Gasteiger partial charge on any atom is 0.139 e. The topological polar surface area (TPSA) is 12.5 Å². The number of fused-ring (bicyclic) bond motifs is 7. The largest absolute Gasteiger partial charge is 0.456 e. The molecule has 2 nitrogen and oxygen atoms in total. The summed E-state index contributed by atoms with van der Waals surface area (Å²) in [6.45, 7) is 9.33. The maximum atomic E-state index is 6.81. The van der Waals surface area contributed by atoms with Gasteiger partial charge in [0.1, 0.15) is 11.5 Å². The second-order valence-corrected chi connectivity index (χ2v) is 14.6. The third-order valence-electron chi connectivity index (χ3n) is 10.9. The molecule has 0 fully saturated rings. The van der Waals surface area contributed by atoms with Crippen molar-refractivity contribution in [2.24, 2.45) is 0 Å². The minimum atomic E-state index is -0.207. The molecule has 242 valence electrons. The molecule has 2 heteroatoms. The van der Waals surface area contributed by atoms with E-state index in [4.69, 9.17) is 4.74 Å². The smallest absolute Gasteiger partial charge is 0.139 e. The predicted molar refractivity (Wildman–Crippen MR) is 210 cm³/mol. The Bertz CT molecular complexity index is 2450. The molecule has 50 heavy (non-hydrogen) atoms. The van der Waals surface area contributed by atoms with E-state index in [1.807, 2.05) is 6.07 Å². The second-order valence-electron chi connectivity index (χ2n) is 14.6. The van der Waals surface area contributed by atoms with Gasteiger partial charge < -0.3 is 9.64 Å². The molecule has 1 aliphatic carbocycles. The summed E-state index contributed by atoms with van der Waals surface area (Å²) in [4.78, 5) is 2.39. The van der Waals surface area contributed by atoms with Gasteiger partial charge in [-0.2, -0.15) is 0 Å². The standard InChI is InChI=1S/C48H39NO/c1-47(2)40-16-10-11-17-44(40)50-46-42(47)29-28-41-45(46)39-27-26-38(31-43(39)48(41,3)4)49(37-25-22-34-14-8-9-15-35(34)30-37)36-23-20-33(21-24-36)19-18-32-12-6-5-7-13-32/h5-31H,1-4H3/b19-18+. The van der Waals surface area contributed by atoms with Gasteiger partial charge in [-0.3, -0.25) is 0 Å². The average Bonchev–Trinajstić information content (AvgIpc) is 3.37. The summed E-state index contributed by atoms with van der Waals surface area (Å²) in [6.07, 6.45) is 4.34. The Balaban J connectivity index is 1.17. The van der Waals surface area contributed by atoms with Crippen LogP contribution in [0.5, 0.6) is 11.5 Å². The lowest BCUT2D eigenvalue weighted by Gasteiger charge is -2.36. The zero-order chi connectivity index (χ0) is 34.0. The molecule has 0 saturated carbocycles. The molecular formula is C48H39NO. The van der Waals surface area contributed by atoms with Crippen molar-refractivity contribution < 1.29 is 4.74 Å². The molecule has 0 atom stereocenters. The van der Waals surface area contributed by atoms with E-state index in [0.717, 1.165) is 34.1 Å². The van der Waals surface area contributed by atoms with Crippen LogP contribution >= 0.6 is 0 Å². The fourth-order valence-electron chi connectivity index (χ4n) is 8.10. The van der Waals surface area contributed by atoms with Gasteiger partial charge in [0, 0.05) is 44.6 Å². The van der Waals surface area contributed by atoms with Gasteiger partial charge in [-0.1, -0.05) is 149 Å². The van der Waals surface area contributed by atoms with Gasteiger partial charge in [0.05, 0.1) is 0 Å². The first kappa shape index (κ1) is 30.2. The van der Waals surface area contributed by atoms with Gasteiger partial charge in [0.2, 0.25) is 0 Å². The van der Waals surface area contributed by atoms with Crippen molar-refractivity contribution in [1.82, 2.24) is 0 Å². The van der Waals surface area contributed by atoms with E-state index in [1.165, 1.54) is 49.7 Å². The lowest BCUT2D eigenvalue weighted by molar-refractivity contribution is 0.419. The van der Waals surface area contributed by atoms with Crippen LogP contribution in [-0.2, 0) is 10.8 Å². The van der Waals surface area contributed by atoms with Crippen LogP contribution in [-0.4, -0.2) is 0 Å². The first-order valence-corrected chi connectivity index (χ1v) is 17.5. The third-order valence-corrected chi connectivity index (χ3v) is 10.9. The van der Waals surface area contributed by atoms with E-state index in [1.54, 1.807) is 0 Å². The lowest BCUT2D eigenvalue weighted by atomic mass is 9.74. The second kappa shape index (κ2) is 11.4. The molecule has 0 amide bonds. The van der Waals surface area contributed by atoms with Crippen molar-refractivity contribution in [3.05, 3.63) is 185 Å². The minimum Gasteiger partial charge on any atom is -0.456 e. The maximum absolute atomic E-state index is 6.81. The van der Waals surface area contributed by atoms with Crippen LogP contribution in [0.2, 0.25) is 0 Å². The molecular weight excluding hydrogens is 607 g/mol. The summed E-state index contributed by atoms with van der Waals surface area (Å²) in [7, 11) is 0. The highest BCUT2D eigenvalue weighted by Gasteiger charge is 2.43. The van der Waals surface area contributed by atoms with E-state index in [2.05, 4.69) is 190 Å². The van der Waals surface area contributed by atoms with Gasteiger partial charge in [-0.15, -0.1) is 0 Å². The van der Waals surface area contributed by atoms with E-state index in [-0.39, 0.29) is 10.8 Å². The van der Waals surface area contributed by atoms with Crippen LogP contribution < -0.4 is 9.64 Å². The number of hydrogen-bond donors (Lipinski definition) is 0. The van der Waals surface area contributed by atoms with Gasteiger partial charge in [0.25, 0.3) is 0 Å².